The summed E-state index contributed by atoms with van der Waals surface area (Å²) in [5, 5.41) is 10.00. The maximum absolute atomic E-state index is 12.3. The van der Waals surface area contributed by atoms with Crippen molar-refractivity contribution in [2.24, 2.45) is 0 Å². The number of ether oxygens (including phenoxy) is 1. The van der Waals surface area contributed by atoms with E-state index in [0.717, 1.165) is 24.1 Å². The van der Waals surface area contributed by atoms with E-state index in [1.165, 1.54) is 0 Å². The topological polar surface area (TPSA) is 75.6 Å². The van der Waals surface area contributed by atoms with Gasteiger partial charge in [0.05, 0.1) is 11.8 Å². The Bertz CT molecular complexity index is 596. The first-order valence-electron chi connectivity index (χ1n) is 8.59. The molecule has 134 valence electrons. The molecule has 1 aliphatic rings. The van der Waals surface area contributed by atoms with Gasteiger partial charge in [-0.2, -0.15) is 0 Å². The van der Waals surface area contributed by atoms with E-state index in [-0.39, 0.29) is 18.1 Å². The van der Waals surface area contributed by atoms with Gasteiger partial charge in [0.1, 0.15) is 11.4 Å². The van der Waals surface area contributed by atoms with Crippen LogP contribution in [0.5, 0.6) is 0 Å². The molecule has 0 aromatic carbocycles. The highest BCUT2D eigenvalue weighted by Gasteiger charge is 2.34. The molecule has 0 bridgehead atoms. The monoisotopic (exact) mass is 335 g/mol. The van der Waals surface area contributed by atoms with Gasteiger partial charge in [0.25, 0.3) is 0 Å². The molecule has 0 aliphatic carbocycles. The number of likely N-dealkylation sites (tertiary alicyclic amines) is 1. The lowest BCUT2D eigenvalue weighted by Gasteiger charge is -2.38. The van der Waals surface area contributed by atoms with Crippen molar-refractivity contribution in [2.75, 3.05) is 6.54 Å². The summed E-state index contributed by atoms with van der Waals surface area (Å²) in [4.78, 5) is 22.9. The van der Waals surface area contributed by atoms with Gasteiger partial charge in [-0.05, 0) is 54.4 Å². The van der Waals surface area contributed by atoms with Crippen LogP contribution in [-0.2, 0) is 4.74 Å². The average molecular weight is 335 g/mol. The lowest BCUT2D eigenvalue weighted by Crippen LogP contribution is -2.46. The van der Waals surface area contributed by atoms with E-state index in [1.54, 1.807) is 18.0 Å². The Morgan fingerprint density at radius 3 is 2.67 bits per heavy atom. The number of aliphatic hydroxyl groups is 1. The highest BCUT2D eigenvalue weighted by Crippen LogP contribution is 2.34. The van der Waals surface area contributed by atoms with Crippen LogP contribution in [0.25, 0.3) is 0 Å². The molecule has 2 heterocycles. The molecule has 1 aromatic rings. The number of hydrogen-bond acceptors (Lipinski definition) is 5. The smallest absolute Gasteiger partial charge is 0.410 e. The highest BCUT2D eigenvalue weighted by molar-refractivity contribution is 5.68. The Kier molecular flexibility index (Phi) is 5.48. The standard InChI is InChI=1S/C18H29N3O3/c1-11-9-14(7-8-21(11)17(23)24-18(4,5)6)16-15(12(2)22)10-19-13(3)20-16/h10-12,14,22H,7-9H2,1-6H3. The number of nitrogens with zero attached hydrogens (tertiary/aromatic N) is 3. The van der Waals surface area contributed by atoms with E-state index in [0.29, 0.717) is 12.4 Å². The predicted octanol–water partition coefficient (Wildman–Crippen LogP) is 3.34. The molecular weight excluding hydrogens is 306 g/mol. The van der Waals surface area contributed by atoms with Gasteiger partial charge in [0, 0.05) is 30.3 Å². The molecule has 1 aliphatic heterocycles. The first-order chi connectivity index (χ1) is 11.1. The predicted molar refractivity (Wildman–Crippen MR) is 91.8 cm³/mol. The normalized spacial score (nSPS) is 23.0. The number of aryl methyl sites for hydroxylation is 1. The SMILES string of the molecule is Cc1ncc(C(C)O)c(C2CCN(C(=O)OC(C)(C)C)C(C)C2)n1. The summed E-state index contributed by atoms with van der Waals surface area (Å²) in [5.41, 5.74) is 1.20. The van der Waals surface area contributed by atoms with Crippen LogP contribution in [0.3, 0.4) is 0 Å². The molecule has 1 fully saturated rings. The van der Waals surface area contributed by atoms with Crippen molar-refractivity contribution in [1.29, 1.82) is 0 Å². The van der Waals surface area contributed by atoms with Crippen LogP contribution >= 0.6 is 0 Å². The quantitative estimate of drug-likeness (QED) is 0.897. The van der Waals surface area contributed by atoms with Crippen molar-refractivity contribution in [1.82, 2.24) is 14.9 Å². The second-order valence-electron chi connectivity index (χ2n) is 7.68. The third-order valence-electron chi connectivity index (χ3n) is 4.31. The minimum absolute atomic E-state index is 0.0655. The number of hydrogen-bond donors (Lipinski definition) is 1. The van der Waals surface area contributed by atoms with Gasteiger partial charge in [-0.15, -0.1) is 0 Å². The van der Waals surface area contributed by atoms with Crippen molar-refractivity contribution in [2.45, 2.75) is 78.0 Å². The van der Waals surface area contributed by atoms with Crippen LogP contribution in [0, 0.1) is 6.92 Å². The van der Waals surface area contributed by atoms with Crippen molar-refractivity contribution < 1.29 is 14.6 Å². The second-order valence-corrected chi connectivity index (χ2v) is 7.68. The Morgan fingerprint density at radius 1 is 1.46 bits per heavy atom. The summed E-state index contributed by atoms with van der Waals surface area (Å²) >= 11 is 0. The summed E-state index contributed by atoms with van der Waals surface area (Å²) in [6, 6.07) is 0.0655. The maximum atomic E-state index is 12.3. The van der Waals surface area contributed by atoms with Gasteiger partial charge in [0.2, 0.25) is 0 Å². The summed E-state index contributed by atoms with van der Waals surface area (Å²) in [6.07, 6.45) is 2.46. The van der Waals surface area contributed by atoms with Crippen molar-refractivity contribution in [3.05, 3.63) is 23.3 Å². The lowest BCUT2D eigenvalue weighted by atomic mass is 9.86. The Labute approximate surface area is 144 Å². The zero-order chi connectivity index (χ0) is 18.1. The van der Waals surface area contributed by atoms with Gasteiger partial charge in [-0.25, -0.2) is 14.8 Å². The van der Waals surface area contributed by atoms with E-state index < -0.39 is 11.7 Å². The van der Waals surface area contributed by atoms with Gasteiger partial charge >= 0.3 is 6.09 Å². The largest absolute Gasteiger partial charge is 0.444 e. The zero-order valence-corrected chi connectivity index (χ0v) is 15.5. The third kappa shape index (κ3) is 4.44. The minimum atomic E-state index is -0.597. The number of amides is 1. The lowest BCUT2D eigenvalue weighted by molar-refractivity contribution is 0.0101. The van der Waals surface area contributed by atoms with Crippen LogP contribution < -0.4 is 0 Å². The number of carbonyl (C=O) groups excluding carboxylic acids is 1. The second kappa shape index (κ2) is 7.05. The molecular formula is C18H29N3O3. The number of aliphatic hydroxyl groups excluding tert-OH is 1. The minimum Gasteiger partial charge on any atom is -0.444 e. The summed E-state index contributed by atoms with van der Waals surface area (Å²) in [5.74, 6) is 0.918. The highest BCUT2D eigenvalue weighted by atomic mass is 16.6. The van der Waals surface area contributed by atoms with Crippen LogP contribution in [0.2, 0.25) is 0 Å². The molecule has 0 spiro atoms. The molecule has 0 saturated carbocycles. The molecule has 1 saturated heterocycles. The van der Waals surface area contributed by atoms with Crippen LogP contribution in [0.4, 0.5) is 4.79 Å². The molecule has 0 radical (unpaired) electrons. The Morgan fingerprint density at radius 2 is 2.12 bits per heavy atom. The van der Waals surface area contributed by atoms with Crippen molar-refractivity contribution in [3.8, 4) is 0 Å². The fraction of sp³-hybridized carbons (Fsp3) is 0.722. The summed E-state index contributed by atoms with van der Waals surface area (Å²) in [6.45, 7) is 11.9. The maximum Gasteiger partial charge on any atom is 0.410 e. The van der Waals surface area contributed by atoms with E-state index in [2.05, 4.69) is 9.97 Å². The van der Waals surface area contributed by atoms with E-state index in [4.69, 9.17) is 4.74 Å². The number of aromatic nitrogens is 2. The van der Waals surface area contributed by atoms with Gasteiger partial charge < -0.3 is 14.7 Å². The van der Waals surface area contributed by atoms with Gasteiger partial charge in [-0.3, -0.25) is 0 Å². The number of carbonyl (C=O) groups is 1. The molecule has 3 unspecified atom stereocenters. The Hall–Kier alpha value is -1.69. The fourth-order valence-corrected chi connectivity index (χ4v) is 3.16. The first-order valence-corrected chi connectivity index (χ1v) is 8.59. The van der Waals surface area contributed by atoms with Crippen molar-refractivity contribution >= 4 is 6.09 Å². The van der Waals surface area contributed by atoms with Crippen LogP contribution in [0.15, 0.2) is 6.20 Å². The van der Waals surface area contributed by atoms with Crippen LogP contribution in [0.1, 0.15) is 76.6 Å². The molecule has 3 atom stereocenters. The van der Waals surface area contributed by atoms with Gasteiger partial charge in [-0.1, -0.05) is 0 Å². The summed E-state index contributed by atoms with van der Waals surface area (Å²) in [7, 11) is 0. The zero-order valence-electron chi connectivity index (χ0n) is 15.5. The van der Waals surface area contributed by atoms with Crippen LogP contribution in [-0.4, -0.2) is 44.3 Å². The number of rotatable bonds is 2. The number of piperidine rings is 1. The fourth-order valence-electron chi connectivity index (χ4n) is 3.16. The van der Waals surface area contributed by atoms with E-state index in [1.807, 2.05) is 34.6 Å². The molecule has 6 nitrogen and oxygen atoms in total. The van der Waals surface area contributed by atoms with E-state index >= 15 is 0 Å². The molecule has 1 amide bonds. The molecule has 6 heteroatoms. The molecule has 2 rings (SSSR count). The first kappa shape index (κ1) is 18.6. The van der Waals surface area contributed by atoms with E-state index in [9.17, 15) is 9.90 Å². The van der Waals surface area contributed by atoms with Gasteiger partial charge in [0.15, 0.2) is 0 Å². The molecule has 1 aromatic heterocycles. The average Bonchev–Trinajstić information content (AvgIpc) is 2.44. The van der Waals surface area contributed by atoms with Crippen molar-refractivity contribution in [3.63, 3.8) is 0 Å². The molecule has 1 N–H and O–H groups in total. The molecule has 24 heavy (non-hydrogen) atoms. The Balaban J connectivity index is 2.14. The third-order valence-corrected chi connectivity index (χ3v) is 4.31. The summed E-state index contributed by atoms with van der Waals surface area (Å²) < 4.78 is 5.49.